The van der Waals surface area contributed by atoms with Crippen LogP contribution in [0.25, 0.3) is 0 Å². The molecule has 1 aliphatic rings. The molecule has 0 N–H and O–H groups in total. The molecule has 0 aromatic heterocycles. The lowest BCUT2D eigenvalue weighted by Crippen LogP contribution is -2.27. The average Bonchev–Trinajstić information content (AvgIpc) is 2.85. The zero-order chi connectivity index (χ0) is 13.0. The first-order chi connectivity index (χ1) is 8.66. The summed E-state index contributed by atoms with van der Waals surface area (Å²) >= 11 is 9.52. The minimum atomic E-state index is 0.230. The van der Waals surface area contributed by atoms with Gasteiger partial charge in [-0.15, -0.1) is 0 Å². The van der Waals surface area contributed by atoms with E-state index < -0.39 is 0 Å². The number of nitrogens with zero attached hydrogens (tertiary/aromatic N) is 1. The first-order valence-corrected chi connectivity index (χ1v) is 7.20. The van der Waals surface area contributed by atoms with Crippen LogP contribution in [0, 0.1) is 0 Å². The van der Waals surface area contributed by atoms with Gasteiger partial charge in [0.1, 0.15) is 0 Å². The molecule has 4 heteroatoms. The smallest absolute Gasteiger partial charge is 0.223 e. The van der Waals surface area contributed by atoms with Crippen molar-refractivity contribution in [2.45, 2.75) is 19.3 Å². The lowest BCUT2D eigenvalue weighted by atomic mass is 10.1. The average molecular weight is 329 g/mol. The van der Waals surface area contributed by atoms with Gasteiger partial charge < -0.3 is 4.90 Å². The van der Waals surface area contributed by atoms with E-state index in [4.69, 9.17) is 11.6 Å². The van der Waals surface area contributed by atoms with Crippen molar-refractivity contribution >= 4 is 33.4 Å². The van der Waals surface area contributed by atoms with Crippen LogP contribution in [-0.2, 0) is 11.2 Å². The van der Waals surface area contributed by atoms with Gasteiger partial charge in [-0.1, -0.05) is 45.7 Å². The minimum absolute atomic E-state index is 0.230. The maximum atomic E-state index is 11.8. The Labute approximate surface area is 121 Å². The van der Waals surface area contributed by atoms with Crippen molar-refractivity contribution in [3.63, 3.8) is 0 Å². The number of hydrogen-bond donors (Lipinski definition) is 0. The molecule has 1 aromatic carbocycles. The van der Waals surface area contributed by atoms with E-state index in [0.717, 1.165) is 41.0 Å². The van der Waals surface area contributed by atoms with Crippen LogP contribution in [0.2, 0.25) is 5.02 Å². The van der Waals surface area contributed by atoms with E-state index in [1.807, 2.05) is 35.3 Å². The molecule has 0 atom stereocenters. The summed E-state index contributed by atoms with van der Waals surface area (Å²) in [7, 11) is 0. The van der Waals surface area contributed by atoms with Gasteiger partial charge in [-0.25, -0.2) is 0 Å². The molecule has 0 spiro atoms. The van der Waals surface area contributed by atoms with E-state index in [0.29, 0.717) is 6.42 Å². The summed E-state index contributed by atoms with van der Waals surface area (Å²) < 4.78 is 0.982. The molecule has 0 aliphatic carbocycles. The highest BCUT2D eigenvalue weighted by molar-refractivity contribution is 9.10. The Balaban J connectivity index is 1.79. The predicted molar refractivity (Wildman–Crippen MR) is 77.8 cm³/mol. The number of benzene rings is 1. The van der Waals surface area contributed by atoms with Gasteiger partial charge in [0.25, 0.3) is 0 Å². The van der Waals surface area contributed by atoms with Crippen LogP contribution in [0.1, 0.15) is 18.4 Å². The van der Waals surface area contributed by atoms with Crippen molar-refractivity contribution in [3.8, 4) is 0 Å². The Kier molecular flexibility index (Phi) is 4.84. The predicted octanol–water partition coefficient (Wildman–Crippen LogP) is 3.82. The largest absolute Gasteiger partial charge is 0.335 e. The summed E-state index contributed by atoms with van der Waals surface area (Å²) in [6.07, 6.45) is 6.34. The molecule has 0 unspecified atom stereocenters. The van der Waals surface area contributed by atoms with Crippen molar-refractivity contribution in [1.82, 2.24) is 4.90 Å². The molecule has 96 valence electrons. The Morgan fingerprint density at radius 3 is 2.72 bits per heavy atom. The van der Waals surface area contributed by atoms with Gasteiger partial charge in [-0.2, -0.15) is 0 Å². The Hall–Kier alpha value is -0.800. The Morgan fingerprint density at radius 2 is 2.06 bits per heavy atom. The molecule has 18 heavy (non-hydrogen) atoms. The summed E-state index contributed by atoms with van der Waals surface area (Å²) in [5.74, 6) is 0.230. The quantitative estimate of drug-likeness (QED) is 0.769. The van der Waals surface area contributed by atoms with Crippen molar-refractivity contribution in [2.24, 2.45) is 0 Å². The number of aryl methyl sites for hydroxylation is 1. The standard InChI is InChI=1S/C14H15BrClNO/c15-12-7-6-11(13(16)10-12)4-3-5-14(18)17-8-1-2-9-17/h1-2,6-7,10H,3-5,8-9H2. The van der Waals surface area contributed by atoms with E-state index in [-0.39, 0.29) is 5.91 Å². The molecule has 0 bridgehead atoms. The first-order valence-electron chi connectivity index (χ1n) is 6.03. The lowest BCUT2D eigenvalue weighted by Gasteiger charge is -2.15. The highest BCUT2D eigenvalue weighted by Crippen LogP contribution is 2.22. The summed E-state index contributed by atoms with van der Waals surface area (Å²) in [6.45, 7) is 1.52. The SMILES string of the molecule is O=C(CCCc1ccc(Br)cc1Cl)N1CC=CC1. The molecule has 1 amide bonds. The van der Waals surface area contributed by atoms with Gasteiger partial charge in [-0.3, -0.25) is 4.79 Å². The maximum Gasteiger partial charge on any atom is 0.223 e. The summed E-state index contributed by atoms with van der Waals surface area (Å²) in [5, 5.41) is 0.764. The molecule has 2 nitrogen and oxygen atoms in total. The third-order valence-corrected chi connectivity index (χ3v) is 3.87. The number of halogens is 2. The normalized spacial score (nSPS) is 14.2. The monoisotopic (exact) mass is 327 g/mol. The van der Waals surface area contributed by atoms with E-state index in [9.17, 15) is 4.79 Å². The highest BCUT2D eigenvalue weighted by atomic mass is 79.9. The zero-order valence-electron chi connectivity index (χ0n) is 10.0. The molecule has 1 aromatic rings. The summed E-state index contributed by atoms with van der Waals surface area (Å²) in [6, 6.07) is 5.88. The third kappa shape index (κ3) is 3.59. The highest BCUT2D eigenvalue weighted by Gasteiger charge is 2.13. The topological polar surface area (TPSA) is 20.3 Å². The van der Waals surface area contributed by atoms with Crippen LogP contribution in [-0.4, -0.2) is 23.9 Å². The van der Waals surface area contributed by atoms with E-state index in [2.05, 4.69) is 15.9 Å². The molecule has 0 fully saturated rings. The number of carbonyl (C=O) groups is 1. The molecule has 0 radical (unpaired) electrons. The second-order valence-electron chi connectivity index (χ2n) is 4.36. The lowest BCUT2D eigenvalue weighted by molar-refractivity contribution is -0.129. The zero-order valence-corrected chi connectivity index (χ0v) is 12.4. The molecule has 0 saturated heterocycles. The van der Waals surface area contributed by atoms with Crippen molar-refractivity contribution < 1.29 is 4.79 Å². The van der Waals surface area contributed by atoms with Gasteiger partial charge in [0.15, 0.2) is 0 Å². The third-order valence-electron chi connectivity index (χ3n) is 3.02. The van der Waals surface area contributed by atoms with Crippen LogP contribution in [0.15, 0.2) is 34.8 Å². The maximum absolute atomic E-state index is 11.8. The second-order valence-corrected chi connectivity index (χ2v) is 5.68. The van der Waals surface area contributed by atoms with Crippen LogP contribution in [0.5, 0.6) is 0 Å². The van der Waals surface area contributed by atoms with E-state index >= 15 is 0 Å². The van der Waals surface area contributed by atoms with E-state index in [1.165, 1.54) is 0 Å². The fourth-order valence-electron chi connectivity index (χ4n) is 1.99. The molecular weight excluding hydrogens is 314 g/mol. The van der Waals surface area contributed by atoms with Crippen molar-refractivity contribution in [2.75, 3.05) is 13.1 Å². The number of rotatable bonds is 4. The molecule has 2 rings (SSSR count). The van der Waals surface area contributed by atoms with Gasteiger partial charge in [-0.05, 0) is 30.5 Å². The van der Waals surface area contributed by atoms with Gasteiger partial charge in [0.2, 0.25) is 5.91 Å². The van der Waals surface area contributed by atoms with Crippen LogP contribution >= 0.6 is 27.5 Å². The molecule has 1 heterocycles. The molecule has 0 saturated carbocycles. The van der Waals surface area contributed by atoms with Gasteiger partial charge in [0, 0.05) is 29.0 Å². The van der Waals surface area contributed by atoms with Crippen LogP contribution in [0.4, 0.5) is 0 Å². The number of amides is 1. The first kappa shape index (κ1) is 13.6. The fourth-order valence-corrected chi connectivity index (χ4v) is 2.76. The second kappa shape index (κ2) is 6.39. The van der Waals surface area contributed by atoms with E-state index in [1.54, 1.807) is 0 Å². The number of carbonyl (C=O) groups excluding carboxylic acids is 1. The van der Waals surface area contributed by atoms with Crippen LogP contribution in [0.3, 0.4) is 0 Å². The summed E-state index contributed by atoms with van der Waals surface area (Å²) in [5.41, 5.74) is 1.10. The fraction of sp³-hybridized carbons (Fsp3) is 0.357. The van der Waals surface area contributed by atoms with Crippen molar-refractivity contribution in [3.05, 3.63) is 45.4 Å². The molecular formula is C14H15BrClNO. The van der Waals surface area contributed by atoms with Gasteiger partial charge in [0.05, 0.1) is 0 Å². The summed E-state index contributed by atoms with van der Waals surface area (Å²) in [4.78, 5) is 13.7. The molecule has 1 aliphatic heterocycles. The van der Waals surface area contributed by atoms with Crippen molar-refractivity contribution in [1.29, 1.82) is 0 Å². The Bertz CT molecular complexity index is 465. The van der Waals surface area contributed by atoms with Gasteiger partial charge >= 0.3 is 0 Å². The number of hydrogen-bond acceptors (Lipinski definition) is 1. The van der Waals surface area contributed by atoms with Crippen LogP contribution < -0.4 is 0 Å². The minimum Gasteiger partial charge on any atom is -0.335 e. The Morgan fingerprint density at radius 1 is 1.33 bits per heavy atom.